The number of nitrogens with zero attached hydrogens (tertiary/aromatic N) is 1. The molecule has 0 radical (unpaired) electrons. The Hall–Kier alpha value is -2.34. The molecule has 0 bridgehead atoms. The van der Waals surface area contributed by atoms with Gasteiger partial charge in [-0.1, -0.05) is 6.07 Å². The van der Waals surface area contributed by atoms with Gasteiger partial charge in [0, 0.05) is 24.4 Å². The standard InChI is InChI=1S/C22H28N2O7S2/c1-32(27,28)17-8-9-19-18(14-17)23-33(29,30)21-13-15(22(25)26)7-10-20(21)31-12-4-6-16-5-2-3-11-24(16)19/h7-10,13-14,16,22-23,25-26H,2-6,11-12H2,1H3. The Morgan fingerprint density at radius 2 is 1.85 bits per heavy atom. The second-order valence-electron chi connectivity index (χ2n) is 8.47. The van der Waals surface area contributed by atoms with Gasteiger partial charge in [-0.15, -0.1) is 0 Å². The summed E-state index contributed by atoms with van der Waals surface area (Å²) in [7, 11) is -7.83. The zero-order valence-electron chi connectivity index (χ0n) is 18.3. The average Bonchev–Trinajstić information content (AvgIpc) is 2.75. The van der Waals surface area contributed by atoms with E-state index in [1.807, 2.05) is 0 Å². The molecule has 2 aliphatic rings. The van der Waals surface area contributed by atoms with Crippen LogP contribution in [0.15, 0.2) is 46.2 Å². The first-order chi connectivity index (χ1) is 15.6. The van der Waals surface area contributed by atoms with Crippen LogP contribution in [0.25, 0.3) is 0 Å². The molecule has 0 saturated carbocycles. The minimum absolute atomic E-state index is 0.000563. The van der Waals surface area contributed by atoms with Gasteiger partial charge >= 0.3 is 0 Å². The van der Waals surface area contributed by atoms with Crippen LogP contribution in [0.4, 0.5) is 11.4 Å². The first-order valence-electron chi connectivity index (χ1n) is 10.8. The Balaban J connectivity index is 1.89. The molecule has 0 aliphatic carbocycles. The number of rotatable bonds is 2. The molecule has 4 rings (SSSR count). The van der Waals surface area contributed by atoms with E-state index in [2.05, 4.69) is 9.62 Å². The van der Waals surface area contributed by atoms with Crippen LogP contribution in [0.2, 0.25) is 0 Å². The summed E-state index contributed by atoms with van der Waals surface area (Å²) in [6.45, 7) is 1.05. The quantitative estimate of drug-likeness (QED) is 0.540. The lowest BCUT2D eigenvalue weighted by atomic mass is 9.97. The molecule has 1 atom stereocenters. The summed E-state index contributed by atoms with van der Waals surface area (Å²) in [6, 6.07) is 8.61. The number of fused-ring (bicyclic) bond motifs is 4. The Morgan fingerprint density at radius 1 is 1.09 bits per heavy atom. The molecule has 3 N–H and O–H groups in total. The fourth-order valence-corrected chi connectivity index (χ4v) is 6.30. The third-order valence-electron chi connectivity index (χ3n) is 6.07. The summed E-state index contributed by atoms with van der Waals surface area (Å²) in [6.07, 6.45) is 3.73. The maximum atomic E-state index is 13.4. The number of ether oxygens (including phenoxy) is 1. The van der Waals surface area contributed by atoms with E-state index < -0.39 is 26.2 Å². The van der Waals surface area contributed by atoms with Gasteiger partial charge < -0.3 is 19.8 Å². The lowest BCUT2D eigenvalue weighted by molar-refractivity contribution is -0.0426. The van der Waals surface area contributed by atoms with Crippen molar-refractivity contribution in [2.75, 3.05) is 29.0 Å². The number of aliphatic hydroxyl groups is 2. The average molecular weight is 497 g/mol. The van der Waals surface area contributed by atoms with E-state index >= 15 is 0 Å². The van der Waals surface area contributed by atoms with Crippen molar-refractivity contribution in [2.24, 2.45) is 0 Å². The van der Waals surface area contributed by atoms with Gasteiger partial charge in [-0.05, 0) is 62.4 Å². The SMILES string of the molecule is CS(=O)(=O)c1ccc2c(c1)NS(=O)(=O)c1cc(C(O)O)ccc1OCCCC1CCCCN21. The number of anilines is 2. The predicted molar refractivity (Wildman–Crippen MR) is 124 cm³/mol. The molecule has 2 heterocycles. The molecular weight excluding hydrogens is 468 g/mol. The molecule has 0 spiro atoms. The van der Waals surface area contributed by atoms with Crippen LogP contribution in [0, 0.1) is 0 Å². The van der Waals surface area contributed by atoms with Crippen LogP contribution in [0.1, 0.15) is 44.0 Å². The van der Waals surface area contributed by atoms with Crippen molar-refractivity contribution in [3.63, 3.8) is 0 Å². The molecule has 9 nitrogen and oxygen atoms in total. The molecule has 1 fully saturated rings. The van der Waals surface area contributed by atoms with E-state index in [4.69, 9.17) is 4.74 Å². The summed E-state index contributed by atoms with van der Waals surface area (Å²) in [5.74, 6) is 0.0915. The van der Waals surface area contributed by atoms with Gasteiger partial charge in [-0.25, -0.2) is 16.8 Å². The third-order valence-corrected chi connectivity index (χ3v) is 8.57. The molecule has 180 valence electrons. The summed E-state index contributed by atoms with van der Waals surface area (Å²) >= 11 is 0. The zero-order chi connectivity index (χ0) is 23.8. The third kappa shape index (κ3) is 5.11. The van der Waals surface area contributed by atoms with Gasteiger partial charge in [-0.3, -0.25) is 4.72 Å². The van der Waals surface area contributed by atoms with Crippen LogP contribution in [-0.4, -0.2) is 52.5 Å². The van der Waals surface area contributed by atoms with Crippen molar-refractivity contribution in [2.45, 2.75) is 54.2 Å². The van der Waals surface area contributed by atoms with Crippen LogP contribution in [-0.2, 0) is 19.9 Å². The van der Waals surface area contributed by atoms with E-state index in [0.29, 0.717) is 18.7 Å². The molecule has 2 aliphatic heterocycles. The molecule has 11 heteroatoms. The first-order valence-corrected chi connectivity index (χ1v) is 14.2. The number of sulfonamides is 1. The first kappa shape index (κ1) is 23.8. The second-order valence-corrected chi connectivity index (χ2v) is 12.1. The van der Waals surface area contributed by atoms with Crippen LogP contribution >= 0.6 is 0 Å². The number of aliphatic hydroxyl groups excluding tert-OH is 1. The van der Waals surface area contributed by atoms with E-state index in [1.54, 1.807) is 6.07 Å². The normalized spacial score (nSPS) is 20.8. The topological polar surface area (TPSA) is 133 Å². The highest BCUT2D eigenvalue weighted by molar-refractivity contribution is 7.93. The molecule has 0 amide bonds. The van der Waals surface area contributed by atoms with Crippen molar-refractivity contribution in [1.29, 1.82) is 0 Å². The van der Waals surface area contributed by atoms with E-state index in [9.17, 15) is 27.0 Å². The smallest absolute Gasteiger partial charge is 0.265 e. The number of sulfone groups is 1. The van der Waals surface area contributed by atoms with Crippen molar-refractivity contribution in [1.82, 2.24) is 0 Å². The number of hydrogen-bond donors (Lipinski definition) is 3. The monoisotopic (exact) mass is 496 g/mol. The molecule has 2 aromatic rings. The van der Waals surface area contributed by atoms with Gasteiger partial charge in [0.15, 0.2) is 16.1 Å². The van der Waals surface area contributed by atoms with Gasteiger partial charge in [0.1, 0.15) is 10.6 Å². The number of benzene rings is 2. The lowest BCUT2D eigenvalue weighted by Gasteiger charge is -2.39. The van der Waals surface area contributed by atoms with Crippen molar-refractivity contribution < 1.29 is 31.8 Å². The van der Waals surface area contributed by atoms with Crippen LogP contribution in [0.5, 0.6) is 5.75 Å². The van der Waals surface area contributed by atoms with E-state index in [0.717, 1.165) is 44.6 Å². The molecular formula is C22H28N2O7S2. The predicted octanol–water partition coefficient (Wildman–Crippen LogP) is 2.41. The maximum Gasteiger partial charge on any atom is 0.265 e. The Kier molecular flexibility index (Phi) is 6.59. The number of nitrogens with one attached hydrogen (secondary N) is 1. The Morgan fingerprint density at radius 3 is 2.58 bits per heavy atom. The fourth-order valence-electron chi connectivity index (χ4n) is 4.41. The summed E-state index contributed by atoms with van der Waals surface area (Å²) < 4.78 is 59.6. The van der Waals surface area contributed by atoms with Gasteiger partial charge in [0.25, 0.3) is 10.0 Å². The molecule has 1 unspecified atom stereocenters. The molecule has 1 saturated heterocycles. The minimum atomic E-state index is -4.26. The van der Waals surface area contributed by atoms with Crippen molar-refractivity contribution in [3.05, 3.63) is 42.0 Å². The molecule has 2 aromatic carbocycles. The van der Waals surface area contributed by atoms with E-state index in [1.165, 1.54) is 24.3 Å². The Bertz CT molecular complexity index is 1240. The molecule has 0 aromatic heterocycles. The van der Waals surface area contributed by atoms with Crippen molar-refractivity contribution in [3.8, 4) is 5.75 Å². The second kappa shape index (κ2) is 9.13. The van der Waals surface area contributed by atoms with Crippen LogP contribution < -0.4 is 14.4 Å². The number of piperidine rings is 1. The zero-order valence-corrected chi connectivity index (χ0v) is 19.9. The van der Waals surface area contributed by atoms with Crippen molar-refractivity contribution >= 4 is 31.2 Å². The summed E-state index contributed by atoms with van der Waals surface area (Å²) in [5.41, 5.74) is 0.777. The molecule has 33 heavy (non-hydrogen) atoms. The highest BCUT2D eigenvalue weighted by atomic mass is 32.2. The van der Waals surface area contributed by atoms with Gasteiger partial charge in [0.05, 0.1) is 22.9 Å². The lowest BCUT2D eigenvalue weighted by Crippen LogP contribution is -2.40. The summed E-state index contributed by atoms with van der Waals surface area (Å²) in [5, 5.41) is 19.1. The highest BCUT2D eigenvalue weighted by Gasteiger charge is 2.29. The van der Waals surface area contributed by atoms with Gasteiger partial charge in [0.2, 0.25) is 0 Å². The highest BCUT2D eigenvalue weighted by Crippen LogP contribution is 2.38. The van der Waals surface area contributed by atoms with Crippen LogP contribution in [0.3, 0.4) is 0 Å². The summed E-state index contributed by atoms with van der Waals surface area (Å²) in [4.78, 5) is 1.89. The Labute approximate surface area is 194 Å². The maximum absolute atomic E-state index is 13.4. The number of hydrogen-bond acceptors (Lipinski definition) is 8. The van der Waals surface area contributed by atoms with Gasteiger partial charge in [-0.2, -0.15) is 0 Å². The fraction of sp³-hybridized carbons (Fsp3) is 0.455. The van der Waals surface area contributed by atoms with E-state index in [-0.39, 0.29) is 32.8 Å². The largest absolute Gasteiger partial charge is 0.492 e. The minimum Gasteiger partial charge on any atom is -0.492 e.